The SMILES string of the molecule is CCc1noc(-c2ccccc2[N+](=O)[O-])c1C(=O)O. The number of carboxylic acid groups (broad SMARTS) is 1. The van der Waals surface area contributed by atoms with Gasteiger partial charge < -0.3 is 9.63 Å². The van der Waals surface area contributed by atoms with Crippen molar-refractivity contribution in [3.8, 4) is 11.3 Å². The Morgan fingerprint density at radius 1 is 1.47 bits per heavy atom. The fourth-order valence-electron chi connectivity index (χ4n) is 1.79. The van der Waals surface area contributed by atoms with Crippen molar-refractivity contribution in [3.05, 3.63) is 45.6 Å². The Balaban J connectivity index is 2.69. The van der Waals surface area contributed by atoms with Crippen molar-refractivity contribution in [1.29, 1.82) is 0 Å². The van der Waals surface area contributed by atoms with E-state index in [9.17, 15) is 20.0 Å². The normalized spacial score (nSPS) is 10.4. The van der Waals surface area contributed by atoms with Crippen molar-refractivity contribution in [2.75, 3.05) is 0 Å². The molecule has 1 heterocycles. The van der Waals surface area contributed by atoms with E-state index >= 15 is 0 Å². The summed E-state index contributed by atoms with van der Waals surface area (Å²) in [5.41, 5.74) is 0.0263. The minimum absolute atomic E-state index is 0.0864. The van der Waals surface area contributed by atoms with Gasteiger partial charge in [0.15, 0.2) is 5.76 Å². The fourth-order valence-corrected chi connectivity index (χ4v) is 1.79. The molecule has 0 spiro atoms. The standard InChI is InChI=1S/C12H10N2O5/c1-2-8-10(12(15)16)11(19-13-8)7-5-3-4-6-9(7)14(17)18/h3-6H,2H2,1H3,(H,15,16). The first-order valence-corrected chi connectivity index (χ1v) is 5.51. The summed E-state index contributed by atoms with van der Waals surface area (Å²) in [4.78, 5) is 21.6. The molecule has 0 radical (unpaired) electrons. The predicted octanol–water partition coefficient (Wildman–Crippen LogP) is 2.51. The summed E-state index contributed by atoms with van der Waals surface area (Å²) < 4.78 is 4.99. The van der Waals surface area contributed by atoms with Crippen LogP contribution >= 0.6 is 0 Å². The topological polar surface area (TPSA) is 106 Å². The van der Waals surface area contributed by atoms with E-state index in [1.54, 1.807) is 13.0 Å². The lowest BCUT2D eigenvalue weighted by Gasteiger charge is -2.00. The van der Waals surface area contributed by atoms with Crippen LogP contribution in [0.4, 0.5) is 5.69 Å². The van der Waals surface area contributed by atoms with Crippen molar-refractivity contribution in [3.63, 3.8) is 0 Å². The number of carboxylic acids is 1. The number of rotatable bonds is 4. The van der Waals surface area contributed by atoms with Gasteiger partial charge in [-0.05, 0) is 12.5 Å². The van der Waals surface area contributed by atoms with Crippen LogP contribution in [0.25, 0.3) is 11.3 Å². The molecule has 98 valence electrons. The Labute approximate surface area is 107 Å². The second-order valence-corrected chi connectivity index (χ2v) is 3.77. The van der Waals surface area contributed by atoms with E-state index in [-0.39, 0.29) is 28.3 Å². The van der Waals surface area contributed by atoms with Gasteiger partial charge in [0.05, 0.1) is 16.2 Å². The molecule has 1 aromatic heterocycles. The fraction of sp³-hybridized carbons (Fsp3) is 0.167. The summed E-state index contributed by atoms with van der Waals surface area (Å²) in [7, 11) is 0. The molecule has 0 fully saturated rings. The van der Waals surface area contributed by atoms with Gasteiger partial charge in [0.25, 0.3) is 5.69 Å². The van der Waals surface area contributed by atoms with Crippen molar-refractivity contribution < 1.29 is 19.3 Å². The van der Waals surface area contributed by atoms with E-state index in [1.807, 2.05) is 0 Å². The molecule has 0 saturated carbocycles. The highest BCUT2D eigenvalue weighted by Gasteiger charge is 2.27. The molecule has 1 aromatic carbocycles. The minimum atomic E-state index is -1.22. The maximum Gasteiger partial charge on any atom is 0.341 e. The first-order chi connectivity index (χ1) is 9.06. The quantitative estimate of drug-likeness (QED) is 0.670. The number of carbonyl (C=O) groups is 1. The van der Waals surface area contributed by atoms with Crippen LogP contribution in [-0.4, -0.2) is 21.2 Å². The van der Waals surface area contributed by atoms with E-state index in [4.69, 9.17) is 4.52 Å². The number of nitro benzene ring substituents is 1. The molecule has 2 rings (SSSR count). The molecule has 0 aliphatic rings. The number of aryl methyl sites for hydroxylation is 1. The zero-order chi connectivity index (χ0) is 14.0. The lowest BCUT2D eigenvalue weighted by molar-refractivity contribution is -0.384. The molecule has 19 heavy (non-hydrogen) atoms. The molecule has 7 nitrogen and oxygen atoms in total. The van der Waals surface area contributed by atoms with Crippen molar-refractivity contribution in [1.82, 2.24) is 5.16 Å². The van der Waals surface area contributed by atoms with Gasteiger partial charge in [0.2, 0.25) is 0 Å². The average molecular weight is 262 g/mol. The summed E-state index contributed by atoms with van der Waals surface area (Å²) in [6.07, 6.45) is 0.367. The maximum atomic E-state index is 11.2. The highest BCUT2D eigenvalue weighted by Crippen LogP contribution is 2.33. The van der Waals surface area contributed by atoms with Crippen molar-refractivity contribution in [2.24, 2.45) is 0 Å². The van der Waals surface area contributed by atoms with E-state index in [2.05, 4.69) is 5.16 Å². The predicted molar refractivity (Wildman–Crippen MR) is 64.9 cm³/mol. The number of para-hydroxylation sites is 1. The number of hydrogen-bond acceptors (Lipinski definition) is 5. The van der Waals surface area contributed by atoms with Crippen LogP contribution in [0, 0.1) is 10.1 Å². The molecule has 0 amide bonds. The molecule has 0 aliphatic heterocycles. The minimum Gasteiger partial charge on any atom is -0.477 e. The summed E-state index contributed by atoms with van der Waals surface area (Å²) in [6.45, 7) is 1.73. The van der Waals surface area contributed by atoms with Crippen molar-refractivity contribution >= 4 is 11.7 Å². The third kappa shape index (κ3) is 2.17. The first-order valence-electron chi connectivity index (χ1n) is 5.51. The van der Waals surface area contributed by atoms with E-state index < -0.39 is 10.9 Å². The van der Waals surface area contributed by atoms with E-state index in [0.717, 1.165) is 0 Å². The average Bonchev–Trinajstić information content (AvgIpc) is 2.82. The lowest BCUT2D eigenvalue weighted by Crippen LogP contribution is -2.02. The van der Waals surface area contributed by atoms with Gasteiger partial charge in [-0.1, -0.05) is 24.2 Å². The van der Waals surface area contributed by atoms with Gasteiger partial charge in [0, 0.05) is 6.07 Å². The van der Waals surface area contributed by atoms with Gasteiger partial charge >= 0.3 is 5.97 Å². The van der Waals surface area contributed by atoms with Crippen molar-refractivity contribution in [2.45, 2.75) is 13.3 Å². The molecule has 2 aromatic rings. The van der Waals surface area contributed by atoms with Gasteiger partial charge in [-0.2, -0.15) is 0 Å². The zero-order valence-corrected chi connectivity index (χ0v) is 9.99. The summed E-state index contributed by atoms with van der Waals surface area (Å²) >= 11 is 0. The summed E-state index contributed by atoms with van der Waals surface area (Å²) in [6, 6.07) is 5.79. The number of aromatic carboxylic acids is 1. The molecule has 0 aliphatic carbocycles. The largest absolute Gasteiger partial charge is 0.477 e. The highest BCUT2D eigenvalue weighted by atomic mass is 16.6. The Kier molecular flexibility index (Phi) is 3.28. The second-order valence-electron chi connectivity index (χ2n) is 3.77. The zero-order valence-electron chi connectivity index (χ0n) is 9.99. The monoisotopic (exact) mass is 262 g/mol. The molecule has 0 saturated heterocycles. The van der Waals surface area contributed by atoms with Crippen LogP contribution in [-0.2, 0) is 6.42 Å². The van der Waals surface area contributed by atoms with Crippen LogP contribution < -0.4 is 0 Å². The Bertz CT molecular complexity index is 647. The molecular weight excluding hydrogens is 252 g/mol. The Hall–Kier alpha value is -2.70. The number of hydrogen-bond donors (Lipinski definition) is 1. The molecule has 0 unspecified atom stereocenters. The Morgan fingerprint density at radius 2 is 2.16 bits per heavy atom. The van der Waals surface area contributed by atoms with Crippen LogP contribution in [0.3, 0.4) is 0 Å². The van der Waals surface area contributed by atoms with E-state index in [0.29, 0.717) is 6.42 Å². The van der Waals surface area contributed by atoms with Gasteiger partial charge in [-0.15, -0.1) is 0 Å². The van der Waals surface area contributed by atoms with E-state index in [1.165, 1.54) is 18.2 Å². The number of aromatic nitrogens is 1. The smallest absolute Gasteiger partial charge is 0.341 e. The third-order valence-electron chi connectivity index (χ3n) is 2.66. The van der Waals surface area contributed by atoms with Crippen LogP contribution in [0.2, 0.25) is 0 Å². The molecule has 1 N–H and O–H groups in total. The maximum absolute atomic E-state index is 11.2. The van der Waals surface area contributed by atoms with Crippen LogP contribution in [0.1, 0.15) is 23.0 Å². The number of benzene rings is 1. The second kappa shape index (κ2) is 4.89. The van der Waals surface area contributed by atoms with Gasteiger partial charge in [0.1, 0.15) is 5.56 Å². The third-order valence-corrected chi connectivity index (χ3v) is 2.66. The molecular formula is C12H10N2O5. The summed E-state index contributed by atoms with van der Waals surface area (Å²) in [5.74, 6) is -1.30. The molecule has 0 bridgehead atoms. The number of nitro groups is 1. The summed E-state index contributed by atoms with van der Waals surface area (Å²) in [5, 5.41) is 23.8. The lowest BCUT2D eigenvalue weighted by atomic mass is 10.0. The Morgan fingerprint density at radius 3 is 2.74 bits per heavy atom. The van der Waals surface area contributed by atoms with Crippen LogP contribution in [0.15, 0.2) is 28.8 Å². The highest BCUT2D eigenvalue weighted by molar-refractivity contribution is 5.96. The van der Waals surface area contributed by atoms with Gasteiger partial charge in [-0.25, -0.2) is 4.79 Å². The number of nitrogens with zero attached hydrogens (tertiary/aromatic N) is 2. The molecule has 7 heteroatoms. The first kappa shape index (κ1) is 12.7. The molecule has 0 atom stereocenters. The van der Waals surface area contributed by atoms with Gasteiger partial charge in [-0.3, -0.25) is 10.1 Å². The van der Waals surface area contributed by atoms with Crippen LogP contribution in [0.5, 0.6) is 0 Å².